The molecule has 0 aliphatic carbocycles. The second-order valence-corrected chi connectivity index (χ2v) is 5.22. The first-order valence-electron chi connectivity index (χ1n) is 7.87. The van der Waals surface area contributed by atoms with E-state index in [1.165, 1.54) is 5.56 Å². The Balaban J connectivity index is 2.50. The van der Waals surface area contributed by atoms with Crippen LogP contribution in [-0.4, -0.2) is 23.6 Å². The topological polar surface area (TPSA) is 46.1 Å². The van der Waals surface area contributed by atoms with Crippen molar-refractivity contribution in [3.8, 4) is 0 Å². The lowest BCUT2D eigenvalue weighted by Gasteiger charge is -2.15. The van der Waals surface area contributed by atoms with Crippen molar-refractivity contribution in [1.82, 2.24) is 15.2 Å². The summed E-state index contributed by atoms with van der Waals surface area (Å²) >= 11 is 0. The summed E-state index contributed by atoms with van der Waals surface area (Å²) < 4.78 is 1.97. The van der Waals surface area contributed by atoms with Crippen molar-refractivity contribution < 1.29 is 4.79 Å². The first-order chi connectivity index (χ1) is 9.71. The Kier molecular flexibility index (Phi) is 8.04. The molecule has 4 nitrogen and oxygen atoms in total. The molecule has 0 saturated carbocycles. The normalized spacial score (nSPS) is 12.3. The van der Waals surface area contributed by atoms with Crippen molar-refractivity contribution in [2.45, 2.75) is 59.0 Å². The second kappa shape index (κ2) is 9.59. The number of nitrogens with one attached hydrogen (secondary N) is 2. The standard InChI is InChI=1S/C16H29N3O/c1-4-7-10-18-16(20)13-19-11-9-14(12-19)15(8-5-2)17-6-3/h9,11-12,15,17H,4-8,10,13H2,1-3H3,(H,18,20). The minimum absolute atomic E-state index is 0.0936. The van der Waals surface area contributed by atoms with Gasteiger partial charge in [0.2, 0.25) is 5.91 Å². The molecule has 20 heavy (non-hydrogen) atoms. The molecule has 1 aromatic heterocycles. The second-order valence-electron chi connectivity index (χ2n) is 5.22. The maximum Gasteiger partial charge on any atom is 0.239 e. The molecular weight excluding hydrogens is 250 g/mol. The number of hydrogen-bond donors (Lipinski definition) is 2. The molecule has 1 atom stereocenters. The summed E-state index contributed by atoms with van der Waals surface area (Å²) in [6.07, 6.45) is 8.51. The van der Waals surface area contributed by atoms with Gasteiger partial charge in [0, 0.05) is 25.0 Å². The Labute approximate surface area is 122 Å². The number of rotatable bonds is 10. The van der Waals surface area contributed by atoms with Crippen LogP contribution in [0.1, 0.15) is 58.1 Å². The van der Waals surface area contributed by atoms with Gasteiger partial charge in [-0.2, -0.15) is 0 Å². The lowest BCUT2D eigenvalue weighted by molar-refractivity contribution is -0.121. The molecule has 1 amide bonds. The van der Waals surface area contributed by atoms with E-state index in [1.54, 1.807) is 0 Å². The first kappa shape index (κ1) is 16.8. The van der Waals surface area contributed by atoms with Gasteiger partial charge in [0.05, 0.1) is 0 Å². The third-order valence-electron chi connectivity index (χ3n) is 3.38. The van der Waals surface area contributed by atoms with Crippen LogP contribution in [0.2, 0.25) is 0 Å². The van der Waals surface area contributed by atoms with Gasteiger partial charge in [-0.15, -0.1) is 0 Å². The van der Waals surface area contributed by atoms with Crippen molar-refractivity contribution >= 4 is 5.91 Å². The van der Waals surface area contributed by atoms with E-state index in [1.807, 2.05) is 10.8 Å². The highest BCUT2D eigenvalue weighted by Crippen LogP contribution is 2.18. The summed E-state index contributed by atoms with van der Waals surface area (Å²) in [6.45, 7) is 8.60. The van der Waals surface area contributed by atoms with Crippen LogP contribution in [-0.2, 0) is 11.3 Å². The van der Waals surface area contributed by atoms with Crippen LogP contribution in [0.3, 0.4) is 0 Å². The highest BCUT2D eigenvalue weighted by molar-refractivity contribution is 5.75. The third kappa shape index (κ3) is 5.78. The summed E-state index contributed by atoms with van der Waals surface area (Å²) in [6, 6.07) is 2.51. The van der Waals surface area contributed by atoms with E-state index in [-0.39, 0.29) is 5.91 Å². The number of amides is 1. The zero-order chi connectivity index (χ0) is 14.8. The molecule has 1 heterocycles. The predicted octanol–water partition coefficient (Wildman–Crippen LogP) is 2.86. The Hall–Kier alpha value is -1.29. The minimum Gasteiger partial charge on any atom is -0.355 e. The fraction of sp³-hybridized carbons (Fsp3) is 0.688. The van der Waals surface area contributed by atoms with Crippen molar-refractivity contribution in [2.75, 3.05) is 13.1 Å². The number of unbranched alkanes of at least 4 members (excludes halogenated alkanes) is 1. The molecular formula is C16H29N3O. The van der Waals surface area contributed by atoms with E-state index in [2.05, 4.69) is 43.7 Å². The number of aromatic nitrogens is 1. The fourth-order valence-corrected chi connectivity index (χ4v) is 2.31. The van der Waals surface area contributed by atoms with Crippen molar-refractivity contribution in [3.63, 3.8) is 0 Å². The van der Waals surface area contributed by atoms with Crippen LogP contribution in [0, 0.1) is 0 Å². The molecule has 0 fully saturated rings. The van der Waals surface area contributed by atoms with Crippen LogP contribution < -0.4 is 10.6 Å². The number of carbonyl (C=O) groups is 1. The van der Waals surface area contributed by atoms with Gasteiger partial charge in [-0.3, -0.25) is 4.79 Å². The minimum atomic E-state index is 0.0936. The van der Waals surface area contributed by atoms with E-state index in [4.69, 9.17) is 0 Å². The van der Waals surface area contributed by atoms with Gasteiger partial charge in [-0.05, 0) is 31.0 Å². The summed E-state index contributed by atoms with van der Waals surface area (Å²) in [7, 11) is 0. The van der Waals surface area contributed by atoms with Gasteiger partial charge in [-0.25, -0.2) is 0 Å². The molecule has 0 spiro atoms. The van der Waals surface area contributed by atoms with Crippen molar-refractivity contribution in [2.24, 2.45) is 0 Å². The van der Waals surface area contributed by atoms with Crippen molar-refractivity contribution in [1.29, 1.82) is 0 Å². The van der Waals surface area contributed by atoms with E-state index in [0.717, 1.165) is 38.8 Å². The molecule has 2 N–H and O–H groups in total. The molecule has 0 radical (unpaired) electrons. The van der Waals surface area contributed by atoms with Gasteiger partial charge in [-0.1, -0.05) is 33.6 Å². The average Bonchev–Trinajstić information content (AvgIpc) is 2.87. The SMILES string of the molecule is CCCCNC(=O)Cn1ccc(C(CCC)NCC)c1. The Bertz CT molecular complexity index is 381. The Morgan fingerprint density at radius 2 is 2.10 bits per heavy atom. The van der Waals surface area contributed by atoms with Gasteiger partial charge in [0.15, 0.2) is 0 Å². The number of hydrogen-bond acceptors (Lipinski definition) is 2. The van der Waals surface area contributed by atoms with Crippen molar-refractivity contribution in [3.05, 3.63) is 24.0 Å². The fourth-order valence-electron chi connectivity index (χ4n) is 2.31. The largest absolute Gasteiger partial charge is 0.355 e. The maximum absolute atomic E-state index is 11.8. The molecule has 0 saturated heterocycles. The van der Waals surface area contributed by atoms with Gasteiger partial charge in [0.1, 0.15) is 6.54 Å². The molecule has 1 rings (SSSR count). The average molecular weight is 279 g/mol. The number of nitrogens with zero attached hydrogens (tertiary/aromatic N) is 1. The van der Waals surface area contributed by atoms with E-state index in [9.17, 15) is 4.79 Å². The number of carbonyl (C=O) groups excluding carboxylic acids is 1. The monoisotopic (exact) mass is 279 g/mol. The summed E-state index contributed by atoms with van der Waals surface area (Å²) in [5.74, 6) is 0.0936. The Morgan fingerprint density at radius 3 is 2.75 bits per heavy atom. The van der Waals surface area contributed by atoms with Crippen LogP contribution in [0.4, 0.5) is 0 Å². The maximum atomic E-state index is 11.8. The summed E-state index contributed by atoms with van der Waals surface area (Å²) in [5.41, 5.74) is 1.27. The molecule has 4 heteroatoms. The quantitative estimate of drug-likeness (QED) is 0.647. The summed E-state index contributed by atoms with van der Waals surface area (Å²) in [5, 5.41) is 6.44. The zero-order valence-electron chi connectivity index (χ0n) is 13.1. The van der Waals surface area contributed by atoms with E-state index < -0.39 is 0 Å². The highest BCUT2D eigenvalue weighted by atomic mass is 16.1. The molecule has 0 aromatic carbocycles. The van der Waals surface area contributed by atoms with Crippen LogP contribution >= 0.6 is 0 Å². The molecule has 1 aromatic rings. The molecule has 1 unspecified atom stereocenters. The smallest absolute Gasteiger partial charge is 0.239 e. The predicted molar refractivity (Wildman–Crippen MR) is 83.7 cm³/mol. The van der Waals surface area contributed by atoms with Gasteiger partial charge in [0.25, 0.3) is 0 Å². The Morgan fingerprint density at radius 1 is 1.30 bits per heavy atom. The van der Waals surface area contributed by atoms with Crippen LogP contribution in [0.15, 0.2) is 18.5 Å². The van der Waals surface area contributed by atoms with E-state index in [0.29, 0.717) is 12.6 Å². The van der Waals surface area contributed by atoms with E-state index >= 15 is 0 Å². The van der Waals surface area contributed by atoms with Crippen LogP contribution in [0.25, 0.3) is 0 Å². The zero-order valence-corrected chi connectivity index (χ0v) is 13.1. The summed E-state index contributed by atoms with van der Waals surface area (Å²) in [4.78, 5) is 11.8. The lowest BCUT2D eigenvalue weighted by atomic mass is 10.1. The lowest BCUT2D eigenvalue weighted by Crippen LogP contribution is -2.28. The molecule has 0 bridgehead atoms. The van der Waals surface area contributed by atoms with Crippen LogP contribution in [0.5, 0.6) is 0 Å². The highest BCUT2D eigenvalue weighted by Gasteiger charge is 2.11. The van der Waals surface area contributed by atoms with Gasteiger partial charge < -0.3 is 15.2 Å². The molecule has 114 valence electrons. The third-order valence-corrected chi connectivity index (χ3v) is 3.38. The van der Waals surface area contributed by atoms with Gasteiger partial charge >= 0.3 is 0 Å². The molecule has 0 aliphatic rings. The molecule has 0 aliphatic heterocycles. The first-order valence-corrected chi connectivity index (χ1v) is 7.87.